The normalized spacial score (nSPS) is 21.3. The van der Waals surface area contributed by atoms with E-state index >= 15 is 0 Å². The molecule has 2 N–H and O–H groups in total. The van der Waals surface area contributed by atoms with Gasteiger partial charge in [-0.3, -0.25) is 9.59 Å². The molecule has 0 saturated carbocycles. The van der Waals surface area contributed by atoms with Crippen LogP contribution in [0.4, 0.5) is 0 Å². The molecule has 5 heteroatoms. The first-order valence-corrected chi connectivity index (χ1v) is 5.81. The van der Waals surface area contributed by atoms with Gasteiger partial charge in [-0.2, -0.15) is 0 Å². The quantitative estimate of drug-likeness (QED) is 0.773. The summed E-state index contributed by atoms with van der Waals surface area (Å²) in [6, 6.07) is 0. The molecule has 1 aliphatic rings. The second-order valence-electron chi connectivity index (χ2n) is 5.60. The molecule has 0 aromatic carbocycles. The summed E-state index contributed by atoms with van der Waals surface area (Å²) in [5, 5.41) is 12.0. The standard InChI is InChI=1S/C12H21NO4/c1-11(2,10(15)16)12(3,4)13-9(14)8-5-6-17-7-8/h8H,5-7H2,1-4H3,(H,13,14)(H,15,16). The van der Waals surface area contributed by atoms with Crippen molar-refractivity contribution in [2.24, 2.45) is 11.3 Å². The maximum absolute atomic E-state index is 11.9. The molecule has 0 aromatic heterocycles. The second-order valence-corrected chi connectivity index (χ2v) is 5.60. The van der Waals surface area contributed by atoms with Gasteiger partial charge >= 0.3 is 5.97 Å². The number of nitrogens with one attached hydrogen (secondary N) is 1. The van der Waals surface area contributed by atoms with Crippen molar-refractivity contribution in [1.29, 1.82) is 0 Å². The summed E-state index contributed by atoms with van der Waals surface area (Å²) in [6.07, 6.45) is 0.704. The van der Waals surface area contributed by atoms with Crippen molar-refractivity contribution in [2.75, 3.05) is 13.2 Å². The van der Waals surface area contributed by atoms with Crippen molar-refractivity contribution in [3.8, 4) is 0 Å². The van der Waals surface area contributed by atoms with Gasteiger partial charge in [-0.25, -0.2) is 0 Å². The van der Waals surface area contributed by atoms with Gasteiger partial charge in [-0.1, -0.05) is 0 Å². The van der Waals surface area contributed by atoms with E-state index in [1.165, 1.54) is 0 Å². The highest BCUT2D eigenvalue weighted by Gasteiger charge is 2.45. The highest BCUT2D eigenvalue weighted by atomic mass is 16.5. The summed E-state index contributed by atoms with van der Waals surface area (Å²) in [4.78, 5) is 23.1. The van der Waals surface area contributed by atoms with Crippen molar-refractivity contribution in [3.63, 3.8) is 0 Å². The van der Waals surface area contributed by atoms with Crippen LogP contribution >= 0.6 is 0 Å². The first-order valence-electron chi connectivity index (χ1n) is 5.81. The van der Waals surface area contributed by atoms with E-state index in [1.807, 2.05) is 0 Å². The number of carbonyl (C=O) groups is 2. The van der Waals surface area contributed by atoms with Gasteiger partial charge in [0.25, 0.3) is 0 Å². The molecule has 1 unspecified atom stereocenters. The van der Waals surface area contributed by atoms with Crippen LogP contribution in [0.25, 0.3) is 0 Å². The molecule has 1 saturated heterocycles. The molecule has 0 aliphatic carbocycles. The van der Waals surface area contributed by atoms with Crippen LogP contribution in [-0.4, -0.2) is 35.7 Å². The lowest BCUT2D eigenvalue weighted by Gasteiger charge is -2.39. The predicted octanol–water partition coefficient (Wildman–Crippen LogP) is 1.03. The fourth-order valence-corrected chi connectivity index (χ4v) is 1.57. The van der Waals surface area contributed by atoms with Crippen LogP contribution in [0.2, 0.25) is 0 Å². The molecular weight excluding hydrogens is 222 g/mol. The lowest BCUT2D eigenvalue weighted by Crippen LogP contribution is -2.58. The highest BCUT2D eigenvalue weighted by molar-refractivity contribution is 5.82. The minimum Gasteiger partial charge on any atom is -0.481 e. The topological polar surface area (TPSA) is 75.6 Å². The van der Waals surface area contributed by atoms with Gasteiger partial charge in [0.2, 0.25) is 5.91 Å². The number of ether oxygens (including phenoxy) is 1. The third-order valence-electron chi connectivity index (χ3n) is 3.83. The maximum atomic E-state index is 11.9. The van der Waals surface area contributed by atoms with Gasteiger partial charge in [0.15, 0.2) is 0 Å². The van der Waals surface area contributed by atoms with Crippen LogP contribution in [0.1, 0.15) is 34.1 Å². The van der Waals surface area contributed by atoms with E-state index in [0.717, 1.165) is 0 Å². The van der Waals surface area contributed by atoms with Crippen LogP contribution in [0.5, 0.6) is 0 Å². The molecule has 1 atom stereocenters. The molecule has 1 amide bonds. The Labute approximate surface area is 102 Å². The molecule has 1 fully saturated rings. The fraction of sp³-hybridized carbons (Fsp3) is 0.833. The lowest BCUT2D eigenvalue weighted by molar-refractivity contribution is -0.152. The zero-order valence-corrected chi connectivity index (χ0v) is 10.9. The zero-order chi connectivity index (χ0) is 13.3. The van der Waals surface area contributed by atoms with Gasteiger partial charge in [0.05, 0.1) is 17.9 Å². The minimum atomic E-state index is -1.03. The number of hydrogen-bond donors (Lipinski definition) is 2. The van der Waals surface area contributed by atoms with Gasteiger partial charge in [0, 0.05) is 12.1 Å². The first kappa shape index (κ1) is 14.0. The molecule has 0 spiro atoms. The van der Waals surface area contributed by atoms with E-state index in [0.29, 0.717) is 19.6 Å². The Morgan fingerprint density at radius 1 is 1.29 bits per heavy atom. The Hall–Kier alpha value is -1.10. The predicted molar refractivity (Wildman–Crippen MR) is 62.6 cm³/mol. The Bertz CT molecular complexity index is 316. The summed E-state index contributed by atoms with van der Waals surface area (Å²) in [7, 11) is 0. The summed E-state index contributed by atoms with van der Waals surface area (Å²) in [6.45, 7) is 7.71. The van der Waals surface area contributed by atoms with E-state index in [2.05, 4.69) is 5.32 Å². The van der Waals surface area contributed by atoms with Crippen LogP contribution in [0.15, 0.2) is 0 Å². The highest BCUT2D eigenvalue weighted by Crippen LogP contribution is 2.31. The smallest absolute Gasteiger partial charge is 0.311 e. The van der Waals surface area contributed by atoms with Crippen LogP contribution in [-0.2, 0) is 14.3 Å². The third kappa shape index (κ3) is 2.77. The number of aliphatic carboxylic acids is 1. The molecular formula is C12H21NO4. The number of carboxylic acids is 1. The Kier molecular flexibility index (Phi) is 3.81. The zero-order valence-electron chi connectivity index (χ0n) is 10.9. The molecule has 1 aliphatic heterocycles. The molecule has 1 heterocycles. The van der Waals surface area contributed by atoms with Crippen molar-refractivity contribution in [1.82, 2.24) is 5.32 Å². The number of amides is 1. The van der Waals surface area contributed by atoms with Crippen LogP contribution in [0, 0.1) is 11.3 Å². The largest absolute Gasteiger partial charge is 0.481 e. The van der Waals surface area contributed by atoms with Crippen molar-refractivity contribution in [2.45, 2.75) is 39.7 Å². The molecule has 0 bridgehead atoms. The monoisotopic (exact) mass is 243 g/mol. The van der Waals surface area contributed by atoms with E-state index in [-0.39, 0.29) is 11.8 Å². The first-order chi connectivity index (χ1) is 7.68. The van der Waals surface area contributed by atoms with Crippen LogP contribution < -0.4 is 5.32 Å². The van der Waals surface area contributed by atoms with Crippen molar-refractivity contribution >= 4 is 11.9 Å². The number of carboxylic acid groups (broad SMARTS) is 1. The Morgan fingerprint density at radius 2 is 1.88 bits per heavy atom. The van der Waals surface area contributed by atoms with E-state index in [9.17, 15) is 14.7 Å². The average molecular weight is 243 g/mol. The van der Waals surface area contributed by atoms with Gasteiger partial charge in [-0.15, -0.1) is 0 Å². The number of hydrogen-bond acceptors (Lipinski definition) is 3. The fourth-order valence-electron chi connectivity index (χ4n) is 1.57. The summed E-state index contributed by atoms with van der Waals surface area (Å²) < 4.78 is 5.15. The number of rotatable bonds is 4. The molecule has 98 valence electrons. The van der Waals surface area contributed by atoms with E-state index in [1.54, 1.807) is 27.7 Å². The SMILES string of the molecule is CC(C)(NC(=O)C1CCOC1)C(C)(C)C(=O)O. The molecule has 0 aromatic rings. The van der Waals surface area contributed by atoms with E-state index in [4.69, 9.17) is 4.74 Å². The van der Waals surface area contributed by atoms with Gasteiger partial charge in [0.1, 0.15) is 0 Å². The van der Waals surface area contributed by atoms with E-state index < -0.39 is 16.9 Å². The molecule has 17 heavy (non-hydrogen) atoms. The second kappa shape index (κ2) is 4.64. The van der Waals surface area contributed by atoms with Gasteiger partial charge < -0.3 is 15.2 Å². The van der Waals surface area contributed by atoms with Crippen molar-refractivity contribution < 1.29 is 19.4 Å². The summed E-state index contributed by atoms with van der Waals surface area (Å²) in [5.41, 5.74) is -1.83. The van der Waals surface area contributed by atoms with Gasteiger partial charge in [-0.05, 0) is 34.1 Å². The minimum absolute atomic E-state index is 0.123. The Balaban J connectivity index is 2.71. The lowest BCUT2D eigenvalue weighted by atomic mass is 9.74. The molecule has 1 rings (SSSR count). The Morgan fingerprint density at radius 3 is 2.29 bits per heavy atom. The summed E-state index contributed by atoms with van der Waals surface area (Å²) >= 11 is 0. The summed E-state index contributed by atoms with van der Waals surface area (Å²) in [5.74, 6) is -1.20. The molecule has 5 nitrogen and oxygen atoms in total. The maximum Gasteiger partial charge on any atom is 0.311 e. The third-order valence-corrected chi connectivity index (χ3v) is 3.83. The number of carbonyl (C=O) groups excluding carboxylic acids is 1. The average Bonchev–Trinajstić information content (AvgIpc) is 2.68. The van der Waals surface area contributed by atoms with Crippen LogP contribution in [0.3, 0.4) is 0 Å². The van der Waals surface area contributed by atoms with Crippen molar-refractivity contribution in [3.05, 3.63) is 0 Å². The molecule has 0 radical (unpaired) electrons.